The van der Waals surface area contributed by atoms with Crippen LogP contribution in [-0.4, -0.2) is 34.9 Å². The number of hydrogen-bond donors (Lipinski definition) is 1. The van der Waals surface area contributed by atoms with Crippen LogP contribution in [0.1, 0.15) is 21.9 Å². The van der Waals surface area contributed by atoms with Crippen LogP contribution in [0.2, 0.25) is 0 Å². The first-order valence-electron chi connectivity index (χ1n) is 6.95. The molecule has 1 aliphatic rings. The summed E-state index contributed by atoms with van der Waals surface area (Å²) in [6, 6.07) is 4.83. The molecule has 1 aromatic heterocycles. The van der Waals surface area contributed by atoms with Crippen LogP contribution in [0, 0.1) is 12.7 Å². The normalized spacial score (nSPS) is 17.5. The van der Waals surface area contributed by atoms with E-state index in [1.165, 1.54) is 17.4 Å². The topological polar surface area (TPSA) is 59.2 Å². The largest absolute Gasteiger partial charge is 0.333 e. The molecular weight excluding hydrogens is 369 g/mol. The van der Waals surface area contributed by atoms with Crippen molar-refractivity contribution in [3.05, 3.63) is 39.2 Å². The molecule has 1 atom stereocenters. The first kappa shape index (κ1) is 15.6. The molecule has 1 fully saturated rings. The van der Waals surface area contributed by atoms with Gasteiger partial charge in [-0.15, -0.1) is 11.3 Å². The molecular formula is C15H15BrFN3OS. The fraction of sp³-hybridized carbons (Fsp3) is 0.333. The van der Waals surface area contributed by atoms with Crippen LogP contribution in [-0.2, 0) is 0 Å². The number of carbonyl (C=O) groups excluding carboxylic acids is 1. The van der Waals surface area contributed by atoms with E-state index in [1.54, 1.807) is 17.0 Å². The molecule has 0 bridgehead atoms. The number of aromatic nitrogens is 1. The van der Waals surface area contributed by atoms with E-state index in [4.69, 9.17) is 5.73 Å². The van der Waals surface area contributed by atoms with Crippen molar-refractivity contribution in [1.82, 2.24) is 9.88 Å². The van der Waals surface area contributed by atoms with Gasteiger partial charge in [0.15, 0.2) is 0 Å². The summed E-state index contributed by atoms with van der Waals surface area (Å²) in [5, 5.41) is 0.809. The van der Waals surface area contributed by atoms with Crippen LogP contribution in [0.3, 0.4) is 0 Å². The van der Waals surface area contributed by atoms with Gasteiger partial charge in [-0.1, -0.05) is 6.07 Å². The van der Waals surface area contributed by atoms with Crippen molar-refractivity contribution in [2.45, 2.75) is 19.4 Å². The Hall–Kier alpha value is -1.31. The third-order valence-corrected chi connectivity index (χ3v) is 5.42. The summed E-state index contributed by atoms with van der Waals surface area (Å²) >= 11 is 4.62. The Bertz CT molecular complexity index is 732. The summed E-state index contributed by atoms with van der Waals surface area (Å²) < 4.78 is 13.8. The van der Waals surface area contributed by atoms with E-state index >= 15 is 0 Å². The number of hydrogen-bond acceptors (Lipinski definition) is 4. The average molecular weight is 384 g/mol. The highest BCUT2D eigenvalue weighted by Crippen LogP contribution is 2.34. The Balaban J connectivity index is 1.99. The molecule has 1 saturated heterocycles. The molecule has 1 amide bonds. The van der Waals surface area contributed by atoms with Gasteiger partial charge in [0.05, 0.1) is 14.4 Å². The number of amides is 1. The van der Waals surface area contributed by atoms with Gasteiger partial charge in [-0.05, 0) is 47.0 Å². The zero-order valence-corrected chi connectivity index (χ0v) is 14.4. The lowest BCUT2D eigenvalue weighted by Crippen LogP contribution is -2.54. The predicted octanol–water partition coefficient (Wildman–Crippen LogP) is 3.19. The zero-order chi connectivity index (χ0) is 15.9. The minimum atomic E-state index is -0.330. The number of halogens is 2. The minimum absolute atomic E-state index is 0.0958. The maximum atomic E-state index is 13.4. The van der Waals surface area contributed by atoms with Gasteiger partial charge in [0.25, 0.3) is 5.91 Å². The quantitative estimate of drug-likeness (QED) is 0.884. The molecule has 2 heterocycles. The van der Waals surface area contributed by atoms with E-state index in [2.05, 4.69) is 20.9 Å². The Kier molecular flexibility index (Phi) is 4.29. The first-order valence-corrected chi connectivity index (χ1v) is 8.56. The number of nitrogens with zero attached hydrogens (tertiary/aromatic N) is 2. The first-order chi connectivity index (χ1) is 10.5. The highest BCUT2D eigenvalue weighted by Gasteiger charge is 2.34. The second kappa shape index (κ2) is 6.06. The molecule has 0 spiro atoms. The van der Waals surface area contributed by atoms with Crippen molar-refractivity contribution >= 4 is 33.2 Å². The molecule has 22 heavy (non-hydrogen) atoms. The lowest BCUT2D eigenvalue weighted by molar-refractivity contribution is 0.0477. The van der Waals surface area contributed by atoms with Gasteiger partial charge < -0.3 is 10.6 Å². The fourth-order valence-electron chi connectivity index (χ4n) is 2.49. The van der Waals surface area contributed by atoms with Crippen LogP contribution in [0.25, 0.3) is 10.4 Å². The van der Waals surface area contributed by atoms with Crippen molar-refractivity contribution in [3.8, 4) is 10.4 Å². The number of likely N-dealkylation sites (tertiary alicyclic amines) is 1. The third kappa shape index (κ3) is 2.68. The Labute approximate surface area is 140 Å². The van der Waals surface area contributed by atoms with Gasteiger partial charge >= 0.3 is 0 Å². The summed E-state index contributed by atoms with van der Waals surface area (Å²) in [6.07, 6.45) is 0.933. The van der Waals surface area contributed by atoms with E-state index in [-0.39, 0.29) is 17.8 Å². The van der Waals surface area contributed by atoms with Crippen LogP contribution < -0.4 is 5.73 Å². The summed E-state index contributed by atoms with van der Waals surface area (Å²) in [5.74, 6) is -0.426. The summed E-state index contributed by atoms with van der Waals surface area (Å²) in [6.45, 7) is 3.04. The Morgan fingerprint density at radius 2 is 2.36 bits per heavy atom. The number of aryl methyl sites for hydroxylation is 1. The van der Waals surface area contributed by atoms with E-state index < -0.39 is 0 Å². The number of nitrogens with two attached hydrogens (primary N) is 1. The zero-order valence-electron chi connectivity index (χ0n) is 12.0. The SMILES string of the molecule is Cc1nc(C(=O)N2CCC2CN)c(-c2ccc(F)c(Br)c2)s1. The van der Waals surface area contributed by atoms with Crippen LogP contribution in [0.15, 0.2) is 22.7 Å². The smallest absolute Gasteiger partial charge is 0.274 e. The van der Waals surface area contributed by atoms with Crippen LogP contribution >= 0.6 is 27.3 Å². The van der Waals surface area contributed by atoms with Gasteiger partial charge in [0, 0.05) is 19.1 Å². The molecule has 7 heteroatoms. The van der Waals surface area contributed by atoms with E-state index in [9.17, 15) is 9.18 Å². The highest BCUT2D eigenvalue weighted by molar-refractivity contribution is 9.10. The Morgan fingerprint density at radius 1 is 1.59 bits per heavy atom. The second-order valence-electron chi connectivity index (χ2n) is 5.22. The molecule has 1 aromatic carbocycles. The molecule has 1 unspecified atom stereocenters. The van der Waals surface area contributed by atoms with Crippen LogP contribution in [0.5, 0.6) is 0 Å². The van der Waals surface area contributed by atoms with Crippen LogP contribution in [0.4, 0.5) is 4.39 Å². The number of carbonyl (C=O) groups is 1. The van der Waals surface area contributed by atoms with Gasteiger partial charge in [0.1, 0.15) is 11.5 Å². The van der Waals surface area contributed by atoms with E-state index in [0.29, 0.717) is 23.3 Å². The lowest BCUT2D eigenvalue weighted by Gasteiger charge is -2.40. The van der Waals surface area contributed by atoms with Gasteiger partial charge in [-0.2, -0.15) is 0 Å². The van der Waals surface area contributed by atoms with Crippen molar-refractivity contribution in [1.29, 1.82) is 0 Å². The molecule has 3 rings (SSSR count). The molecule has 0 aliphatic carbocycles. The average Bonchev–Trinajstić information content (AvgIpc) is 2.83. The summed E-state index contributed by atoms with van der Waals surface area (Å²) in [5.41, 5.74) is 6.89. The maximum absolute atomic E-state index is 13.4. The van der Waals surface area contributed by atoms with Crippen molar-refractivity contribution in [2.24, 2.45) is 5.73 Å². The summed E-state index contributed by atoms with van der Waals surface area (Å²) in [7, 11) is 0. The molecule has 4 nitrogen and oxygen atoms in total. The maximum Gasteiger partial charge on any atom is 0.274 e. The van der Waals surface area contributed by atoms with Gasteiger partial charge in [-0.3, -0.25) is 4.79 Å². The monoisotopic (exact) mass is 383 g/mol. The third-order valence-electron chi connectivity index (χ3n) is 3.80. The molecule has 2 N–H and O–H groups in total. The standard InChI is InChI=1S/C15H15BrFN3OS/c1-8-19-13(15(21)20-5-4-10(20)7-18)14(22-8)9-2-3-12(17)11(16)6-9/h2-3,6,10H,4-5,7,18H2,1H3. The van der Waals surface area contributed by atoms with Crippen molar-refractivity contribution in [2.75, 3.05) is 13.1 Å². The van der Waals surface area contributed by atoms with Gasteiger partial charge in [-0.25, -0.2) is 9.37 Å². The number of benzene rings is 1. The molecule has 0 saturated carbocycles. The predicted molar refractivity (Wildman–Crippen MR) is 88.4 cm³/mol. The van der Waals surface area contributed by atoms with E-state index in [0.717, 1.165) is 21.9 Å². The van der Waals surface area contributed by atoms with Crippen molar-refractivity contribution < 1.29 is 9.18 Å². The lowest BCUT2D eigenvalue weighted by atomic mass is 10.0. The highest BCUT2D eigenvalue weighted by atomic mass is 79.9. The molecule has 2 aromatic rings. The Morgan fingerprint density at radius 3 is 2.95 bits per heavy atom. The van der Waals surface area contributed by atoms with E-state index in [1.807, 2.05) is 6.92 Å². The number of rotatable bonds is 3. The molecule has 1 aliphatic heterocycles. The number of thiazole rings is 1. The fourth-order valence-corrected chi connectivity index (χ4v) is 3.78. The van der Waals surface area contributed by atoms with Crippen molar-refractivity contribution in [3.63, 3.8) is 0 Å². The molecule has 116 valence electrons. The van der Waals surface area contributed by atoms with Gasteiger partial charge in [0.2, 0.25) is 0 Å². The molecule has 0 radical (unpaired) electrons. The minimum Gasteiger partial charge on any atom is -0.333 e. The summed E-state index contributed by atoms with van der Waals surface area (Å²) in [4.78, 5) is 19.6. The second-order valence-corrected chi connectivity index (χ2v) is 7.27.